The number of methoxy groups -OCH3 is 2. The van der Waals surface area contributed by atoms with E-state index in [1.54, 1.807) is 20.3 Å². The Balaban J connectivity index is 2.65. The van der Waals surface area contributed by atoms with Crippen molar-refractivity contribution >= 4 is 0 Å². The summed E-state index contributed by atoms with van der Waals surface area (Å²) in [5, 5.41) is 12.3. The smallest absolute Gasteiger partial charge is 0.136 e. The second kappa shape index (κ2) is 7.70. The molecule has 0 amide bonds. The molecule has 4 nitrogen and oxygen atoms in total. The van der Waals surface area contributed by atoms with Gasteiger partial charge in [0.25, 0.3) is 0 Å². The van der Waals surface area contributed by atoms with Crippen molar-refractivity contribution in [2.24, 2.45) is 0 Å². The summed E-state index contributed by atoms with van der Waals surface area (Å²) in [6, 6.07) is 8.07. The summed E-state index contributed by atoms with van der Waals surface area (Å²) in [5.41, 5.74) is 1.66. The number of hydrogen-bond donors (Lipinski definition) is 1. The highest BCUT2D eigenvalue weighted by Gasteiger charge is 2.07. The zero-order valence-electron chi connectivity index (χ0n) is 11.2. The van der Waals surface area contributed by atoms with Crippen molar-refractivity contribution in [1.29, 1.82) is 5.26 Å². The maximum absolute atomic E-state index is 8.90. The summed E-state index contributed by atoms with van der Waals surface area (Å²) in [4.78, 5) is 0. The first-order valence-electron chi connectivity index (χ1n) is 6.04. The van der Waals surface area contributed by atoms with Gasteiger partial charge in [-0.2, -0.15) is 5.26 Å². The number of benzene rings is 1. The Labute approximate surface area is 109 Å². The lowest BCUT2D eigenvalue weighted by Gasteiger charge is -2.16. The second-order valence-corrected chi connectivity index (χ2v) is 4.09. The molecular formula is C14H20N2O2. The van der Waals surface area contributed by atoms with Crippen molar-refractivity contribution in [3.63, 3.8) is 0 Å². The van der Waals surface area contributed by atoms with Gasteiger partial charge in [-0.05, 0) is 24.1 Å². The first-order valence-corrected chi connectivity index (χ1v) is 6.04. The third-order valence-electron chi connectivity index (χ3n) is 2.84. The molecule has 98 valence electrons. The van der Waals surface area contributed by atoms with Gasteiger partial charge in [0, 0.05) is 19.7 Å². The summed E-state index contributed by atoms with van der Waals surface area (Å²) in [6.45, 7) is 3.56. The average Bonchev–Trinajstić information content (AvgIpc) is 2.42. The van der Waals surface area contributed by atoms with Gasteiger partial charge in [-0.15, -0.1) is 0 Å². The molecule has 0 spiro atoms. The Morgan fingerprint density at radius 3 is 2.72 bits per heavy atom. The number of ether oxygens (including phenoxy) is 2. The van der Waals surface area contributed by atoms with Gasteiger partial charge < -0.3 is 14.8 Å². The molecule has 1 N–H and O–H groups in total. The molecule has 1 rings (SSSR count). The molecule has 0 bridgehead atoms. The summed E-state index contributed by atoms with van der Waals surface area (Å²) in [5.74, 6) is 0.622. The molecule has 4 heteroatoms. The summed E-state index contributed by atoms with van der Waals surface area (Å²) < 4.78 is 10.3. The topological polar surface area (TPSA) is 54.3 Å². The highest BCUT2D eigenvalue weighted by Crippen LogP contribution is 2.19. The molecule has 0 fully saturated rings. The number of nitrogens with one attached hydrogen (secondary N) is 1. The third-order valence-corrected chi connectivity index (χ3v) is 2.84. The molecule has 0 saturated heterocycles. The molecular weight excluding hydrogens is 228 g/mol. The lowest BCUT2D eigenvalue weighted by molar-refractivity contribution is 0.164. The van der Waals surface area contributed by atoms with Crippen LogP contribution in [0.25, 0.3) is 0 Å². The lowest BCUT2D eigenvalue weighted by Crippen LogP contribution is -2.32. The molecule has 1 unspecified atom stereocenters. The van der Waals surface area contributed by atoms with Crippen LogP contribution in [-0.2, 0) is 11.3 Å². The van der Waals surface area contributed by atoms with E-state index in [2.05, 4.69) is 18.3 Å². The van der Waals surface area contributed by atoms with E-state index in [-0.39, 0.29) is 0 Å². The number of hydrogen-bond acceptors (Lipinski definition) is 4. The molecule has 0 heterocycles. The molecule has 0 aliphatic heterocycles. The summed E-state index contributed by atoms with van der Waals surface area (Å²) in [7, 11) is 3.28. The first-order chi connectivity index (χ1) is 8.74. The minimum atomic E-state index is 0.344. The summed E-state index contributed by atoms with van der Waals surface area (Å²) in [6.07, 6.45) is 1.02. The number of nitriles is 1. The van der Waals surface area contributed by atoms with Crippen molar-refractivity contribution in [2.45, 2.75) is 25.9 Å². The van der Waals surface area contributed by atoms with E-state index in [0.717, 1.165) is 18.5 Å². The van der Waals surface area contributed by atoms with Crippen LogP contribution in [-0.4, -0.2) is 26.9 Å². The Morgan fingerprint density at radius 2 is 2.17 bits per heavy atom. The maximum Gasteiger partial charge on any atom is 0.136 e. The van der Waals surface area contributed by atoms with Crippen LogP contribution in [0.5, 0.6) is 5.75 Å². The van der Waals surface area contributed by atoms with E-state index in [1.165, 1.54) is 0 Å². The monoisotopic (exact) mass is 248 g/mol. The fraction of sp³-hybridized carbons (Fsp3) is 0.500. The van der Waals surface area contributed by atoms with E-state index < -0.39 is 0 Å². The second-order valence-electron chi connectivity index (χ2n) is 4.09. The van der Waals surface area contributed by atoms with Crippen LogP contribution in [0.4, 0.5) is 0 Å². The van der Waals surface area contributed by atoms with Crippen molar-refractivity contribution in [1.82, 2.24) is 5.32 Å². The highest BCUT2D eigenvalue weighted by atomic mass is 16.5. The molecule has 0 aliphatic rings. The Morgan fingerprint density at radius 1 is 1.39 bits per heavy atom. The molecule has 1 aromatic carbocycles. The molecule has 1 atom stereocenters. The van der Waals surface area contributed by atoms with Crippen LogP contribution < -0.4 is 10.1 Å². The van der Waals surface area contributed by atoms with E-state index in [1.807, 2.05) is 12.1 Å². The van der Waals surface area contributed by atoms with Crippen molar-refractivity contribution in [2.75, 3.05) is 20.8 Å². The van der Waals surface area contributed by atoms with E-state index in [4.69, 9.17) is 14.7 Å². The molecule has 0 saturated carbocycles. The van der Waals surface area contributed by atoms with E-state index in [0.29, 0.717) is 24.0 Å². The van der Waals surface area contributed by atoms with Crippen molar-refractivity contribution in [3.05, 3.63) is 29.3 Å². The van der Waals surface area contributed by atoms with Crippen LogP contribution in [0, 0.1) is 11.3 Å². The number of rotatable bonds is 7. The fourth-order valence-corrected chi connectivity index (χ4v) is 1.72. The van der Waals surface area contributed by atoms with Crippen LogP contribution in [0.2, 0.25) is 0 Å². The van der Waals surface area contributed by atoms with Crippen LogP contribution in [0.1, 0.15) is 24.5 Å². The van der Waals surface area contributed by atoms with Gasteiger partial charge in [0.05, 0.1) is 19.3 Å². The largest absolute Gasteiger partial charge is 0.495 e. The normalized spacial score (nSPS) is 11.9. The Bertz CT molecular complexity index is 413. The molecule has 0 radical (unpaired) electrons. The van der Waals surface area contributed by atoms with E-state index in [9.17, 15) is 0 Å². The standard InChI is InChI=1S/C14H20N2O2/c1-4-13(10-17-2)16-9-11-5-6-12(8-15)14(7-11)18-3/h5-7,13,16H,4,9-10H2,1-3H3. The molecule has 18 heavy (non-hydrogen) atoms. The fourth-order valence-electron chi connectivity index (χ4n) is 1.72. The van der Waals surface area contributed by atoms with Crippen LogP contribution in [0.3, 0.4) is 0 Å². The van der Waals surface area contributed by atoms with Crippen LogP contribution >= 0.6 is 0 Å². The quantitative estimate of drug-likeness (QED) is 0.802. The molecule has 0 aliphatic carbocycles. The average molecular weight is 248 g/mol. The van der Waals surface area contributed by atoms with Gasteiger partial charge >= 0.3 is 0 Å². The van der Waals surface area contributed by atoms with Gasteiger partial charge in [-0.3, -0.25) is 0 Å². The molecule has 0 aromatic heterocycles. The van der Waals surface area contributed by atoms with Gasteiger partial charge in [-0.25, -0.2) is 0 Å². The van der Waals surface area contributed by atoms with Gasteiger partial charge in [0.15, 0.2) is 0 Å². The van der Waals surface area contributed by atoms with E-state index >= 15 is 0 Å². The van der Waals surface area contributed by atoms with Gasteiger partial charge in [0.2, 0.25) is 0 Å². The highest BCUT2D eigenvalue weighted by molar-refractivity contribution is 5.45. The first kappa shape index (κ1) is 14.5. The Kier molecular flexibility index (Phi) is 6.20. The molecule has 1 aromatic rings. The van der Waals surface area contributed by atoms with Crippen molar-refractivity contribution < 1.29 is 9.47 Å². The number of nitrogens with zero attached hydrogens (tertiary/aromatic N) is 1. The van der Waals surface area contributed by atoms with Crippen molar-refractivity contribution in [3.8, 4) is 11.8 Å². The predicted octanol–water partition coefficient (Wildman–Crippen LogP) is 2.08. The lowest BCUT2D eigenvalue weighted by atomic mass is 10.1. The SMILES string of the molecule is CCC(COC)NCc1ccc(C#N)c(OC)c1. The zero-order chi connectivity index (χ0) is 13.4. The predicted molar refractivity (Wildman–Crippen MR) is 70.5 cm³/mol. The minimum Gasteiger partial charge on any atom is -0.495 e. The van der Waals surface area contributed by atoms with Crippen LogP contribution in [0.15, 0.2) is 18.2 Å². The minimum absolute atomic E-state index is 0.344. The maximum atomic E-state index is 8.90. The third kappa shape index (κ3) is 4.02. The zero-order valence-corrected chi connectivity index (χ0v) is 11.2. The van der Waals surface area contributed by atoms with Gasteiger partial charge in [0.1, 0.15) is 11.8 Å². The Hall–Kier alpha value is -1.57. The summed E-state index contributed by atoms with van der Waals surface area (Å²) >= 11 is 0. The van der Waals surface area contributed by atoms with Gasteiger partial charge in [-0.1, -0.05) is 13.0 Å².